The highest BCUT2D eigenvalue weighted by atomic mass is 28.3. The predicted molar refractivity (Wildman–Crippen MR) is 64.5 cm³/mol. The third-order valence-electron chi connectivity index (χ3n) is 1.97. The van der Waals surface area contributed by atoms with Crippen LogP contribution in [0.1, 0.15) is 26.7 Å². The van der Waals surface area contributed by atoms with Crippen molar-refractivity contribution in [2.75, 3.05) is 26.4 Å². The summed E-state index contributed by atoms with van der Waals surface area (Å²) in [4.78, 5) is 10.7. The fourth-order valence-electron chi connectivity index (χ4n) is 1.24. The Morgan fingerprint density at radius 2 is 1.81 bits per heavy atom. The molecule has 0 aromatic heterocycles. The van der Waals surface area contributed by atoms with Crippen molar-refractivity contribution in [1.29, 1.82) is 0 Å². The average Bonchev–Trinajstić information content (AvgIpc) is 2.28. The number of ether oxygens (including phenoxy) is 1. The van der Waals surface area contributed by atoms with Crippen molar-refractivity contribution in [3.8, 4) is 0 Å². The van der Waals surface area contributed by atoms with Gasteiger partial charge in [0.15, 0.2) is 0 Å². The van der Waals surface area contributed by atoms with Crippen molar-refractivity contribution < 1.29 is 18.4 Å². The number of nitrogens with two attached hydrogens (primary N) is 1. The summed E-state index contributed by atoms with van der Waals surface area (Å²) in [7, 11) is -1.47. The number of rotatable bonds is 10. The number of hydrogen-bond acceptors (Lipinski definition) is 5. The summed E-state index contributed by atoms with van der Waals surface area (Å²) in [6.45, 7) is 5.76. The average molecular weight is 249 g/mol. The normalized spacial score (nSPS) is 10.8. The van der Waals surface area contributed by atoms with Gasteiger partial charge in [0.2, 0.25) is 0 Å². The highest BCUT2D eigenvalue weighted by molar-refractivity contribution is 6.44. The number of unbranched alkanes of at least 4 members (excludes halogenated alkanes) is 1. The van der Waals surface area contributed by atoms with Gasteiger partial charge in [-0.05, 0) is 32.7 Å². The first-order valence-electron chi connectivity index (χ1n) is 5.83. The van der Waals surface area contributed by atoms with E-state index in [1.165, 1.54) is 0 Å². The van der Waals surface area contributed by atoms with E-state index in [4.69, 9.17) is 19.3 Å². The minimum absolute atomic E-state index is 0.0464. The molecule has 96 valence electrons. The van der Waals surface area contributed by atoms with Gasteiger partial charge in [-0.1, -0.05) is 0 Å². The molecule has 0 bridgehead atoms. The maximum absolute atomic E-state index is 10.7. The number of carbonyl (C=O) groups excluding carboxylic acids is 1. The summed E-state index contributed by atoms with van der Waals surface area (Å²) in [6, 6.07) is 0.960. The van der Waals surface area contributed by atoms with Crippen LogP contribution in [0.2, 0.25) is 6.04 Å². The van der Waals surface area contributed by atoms with E-state index in [1.807, 2.05) is 13.8 Å². The van der Waals surface area contributed by atoms with E-state index in [1.54, 1.807) is 0 Å². The number of esters is 1. The van der Waals surface area contributed by atoms with Gasteiger partial charge in [0.1, 0.15) is 0 Å². The molecule has 0 aliphatic heterocycles. The zero-order valence-electron chi connectivity index (χ0n) is 10.2. The standard InChI is InChI=1S/C10H23NO4Si/c1-3-14-16(15-4-2)8-6-5-7-13-10(12)9-11/h16H,3-9,11H2,1-2H3. The molecule has 0 saturated heterocycles. The molecule has 0 amide bonds. The molecule has 6 heteroatoms. The largest absolute Gasteiger partial charge is 0.465 e. The Labute approximate surface area is 99.1 Å². The second kappa shape index (κ2) is 11.1. The van der Waals surface area contributed by atoms with E-state index < -0.39 is 9.28 Å². The Morgan fingerprint density at radius 3 is 2.31 bits per heavy atom. The van der Waals surface area contributed by atoms with Crippen molar-refractivity contribution in [3.63, 3.8) is 0 Å². The Morgan fingerprint density at radius 1 is 1.19 bits per heavy atom. The second-order valence-corrected chi connectivity index (χ2v) is 5.36. The molecule has 0 aromatic rings. The van der Waals surface area contributed by atoms with Gasteiger partial charge in [-0.3, -0.25) is 4.79 Å². The van der Waals surface area contributed by atoms with Crippen molar-refractivity contribution in [2.45, 2.75) is 32.7 Å². The van der Waals surface area contributed by atoms with Gasteiger partial charge in [0.25, 0.3) is 0 Å². The van der Waals surface area contributed by atoms with E-state index >= 15 is 0 Å². The van der Waals surface area contributed by atoms with E-state index in [-0.39, 0.29) is 12.5 Å². The quantitative estimate of drug-likeness (QED) is 0.348. The van der Waals surface area contributed by atoms with Crippen molar-refractivity contribution in [2.24, 2.45) is 5.73 Å². The lowest BCUT2D eigenvalue weighted by atomic mass is 10.4. The second-order valence-electron chi connectivity index (χ2n) is 3.26. The Hall–Kier alpha value is -0.433. The van der Waals surface area contributed by atoms with Gasteiger partial charge in [0, 0.05) is 13.2 Å². The van der Waals surface area contributed by atoms with Gasteiger partial charge in [-0.2, -0.15) is 0 Å². The van der Waals surface area contributed by atoms with Crippen LogP contribution in [0.25, 0.3) is 0 Å². The van der Waals surface area contributed by atoms with Crippen LogP contribution in [0.5, 0.6) is 0 Å². The first-order valence-corrected chi connectivity index (χ1v) is 7.59. The van der Waals surface area contributed by atoms with E-state index in [0.717, 1.165) is 18.9 Å². The lowest BCUT2D eigenvalue weighted by Gasteiger charge is -2.14. The molecule has 0 atom stereocenters. The summed E-state index contributed by atoms with van der Waals surface area (Å²) in [5.41, 5.74) is 5.11. The molecular formula is C10H23NO4Si. The highest BCUT2D eigenvalue weighted by Gasteiger charge is 2.11. The van der Waals surface area contributed by atoms with Crippen LogP contribution in [0.15, 0.2) is 0 Å². The summed E-state index contributed by atoms with van der Waals surface area (Å²) in [6.07, 6.45) is 1.81. The maximum atomic E-state index is 10.7. The van der Waals surface area contributed by atoms with Crippen LogP contribution >= 0.6 is 0 Å². The van der Waals surface area contributed by atoms with Crippen LogP contribution < -0.4 is 5.73 Å². The summed E-state index contributed by atoms with van der Waals surface area (Å²) in [5, 5.41) is 0. The van der Waals surface area contributed by atoms with Gasteiger partial charge in [-0.15, -0.1) is 0 Å². The number of carbonyl (C=O) groups is 1. The van der Waals surface area contributed by atoms with E-state index in [9.17, 15) is 4.79 Å². The summed E-state index contributed by atoms with van der Waals surface area (Å²) in [5.74, 6) is -0.344. The van der Waals surface area contributed by atoms with Crippen LogP contribution in [-0.2, 0) is 18.4 Å². The third kappa shape index (κ3) is 8.84. The molecule has 0 spiro atoms. The molecule has 16 heavy (non-hydrogen) atoms. The van der Waals surface area contributed by atoms with Crippen molar-refractivity contribution >= 4 is 15.3 Å². The molecule has 0 saturated carbocycles. The molecule has 0 heterocycles. The maximum Gasteiger partial charge on any atom is 0.321 e. The topological polar surface area (TPSA) is 70.8 Å². The molecule has 0 aromatic carbocycles. The fourth-order valence-corrected chi connectivity index (χ4v) is 3.04. The van der Waals surface area contributed by atoms with Crippen molar-refractivity contribution in [1.82, 2.24) is 0 Å². The Kier molecular flexibility index (Phi) is 10.8. The van der Waals surface area contributed by atoms with Crippen LogP contribution in [0.4, 0.5) is 0 Å². The molecule has 5 nitrogen and oxygen atoms in total. The zero-order valence-corrected chi connectivity index (χ0v) is 11.4. The highest BCUT2D eigenvalue weighted by Crippen LogP contribution is 2.04. The predicted octanol–water partition coefficient (Wildman–Crippen LogP) is 0.562. The monoisotopic (exact) mass is 249 g/mol. The van der Waals surface area contributed by atoms with Gasteiger partial charge < -0.3 is 19.3 Å². The first-order chi connectivity index (χ1) is 7.74. The van der Waals surface area contributed by atoms with E-state index in [2.05, 4.69) is 0 Å². The third-order valence-corrected chi connectivity index (χ3v) is 4.26. The SMILES string of the molecule is CCO[SiH](CCCCOC(=O)CN)OCC. The lowest BCUT2D eigenvalue weighted by molar-refractivity contribution is -0.141. The lowest BCUT2D eigenvalue weighted by Crippen LogP contribution is -2.23. The first kappa shape index (κ1) is 15.6. The van der Waals surface area contributed by atoms with Crippen LogP contribution in [0, 0.1) is 0 Å². The summed E-state index contributed by atoms with van der Waals surface area (Å²) < 4.78 is 15.9. The van der Waals surface area contributed by atoms with Gasteiger partial charge >= 0.3 is 15.3 Å². The number of hydrogen-bond donors (Lipinski definition) is 1. The Bertz CT molecular complexity index is 174. The molecule has 0 fully saturated rings. The fraction of sp³-hybridized carbons (Fsp3) is 0.900. The van der Waals surface area contributed by atoms with Crippen LogP contribution in [0.3, 0.4) is 0 Å². The van der Waals surface area contributed by atoms with Gasteiger partial charge in [-0.25, -0.2) is 0 Å². The molecule has 2 N–H and O–H groups in total. The molecule has 0 aliphatic carbocycles. The molecular weight excluding hydrogens is 226 g/mol. The zero-order chi connectivity index (χ0) is 12.2. The minimum Gasteiger partial charge on any atom is -0.465 e. The summed E-state index contributed by atoms with van der Waals surface area (Å²) >= 11 is 0. The molecule has 0 aliphatic rings. The molecule has 0 radical (unpaired) electrons. The van der Waals surface area contributed by atoms with Crippen LogP contribution in [-0.4, -0.2) is 41.6 Å². The molecule has 0 unspecified atom stereocenters. The smallest absolute Gasteiger partial charge is 0.321 e. The van der Waals surface area contributed by atoms with Crippen molar-refractivity contribution in [3.05, 3.63) is 0 Å². The minimum atomic E-state index is -1.47. The Balaban J connectivity index is 3.42. The van der Waals surface area contributed by atoms with Gasteiger partial charge in [0.05, 0.1) is 13.2 Å². The molecule has 0 rings (SSSR count). The van der Waals surface area contributed by atoms with E-state index in [0.29, 0.717) is 19.8 Å².